The summed E-state index contributed by atoms with van der Waals surface area (Å²) in [7, 11) is 1.67. The van der Waals surface area contributed by atoms with Crippen LogP contribution in [0.25, 0.3) is 0 Å². The quantitative estimate of drug-likeness (QED) is 0.671. The highest BCUT2D eigenvalue weighted by atomic mass is 19.1. The number of aryl methyl sites for hydroxylation is 1. The number of carbonyl (C=O) groups is 1. The molecule has 0 atom stereocenters. The standard InChI is InChI=1S/C16H18FN3O/c1-11-6-7-14(15(8-11)19-18)16(21)20(2)10-12-4-3-5-13(17)9-12/h3-9,19H,10,18H2,1-2H3. The van der Waals surface area contributed by atoms with Crippen LogP contribution in [-0.2, 0) is 6.54 Å². The number of benzene rings is 2. The van der Waals surface area contributed by atoms with Crippen molar-refractivity contribution in [3.8, 4) is 0 Å². The molecule has 3 N–H and O–H groups in total. The lowest BCUT2D eigenvalue weighted by molar-refractivity contribution is 0.0786. The van der Waals surface area contributed by atoms with Crippen LogP contribution < -0.4 is 11.3 Å². The van der Waals surface area contributed by atoms with E-state index in [0.29, 0.717) is 17.8 Å². The summed E-state index contributed by atoms with van der Waals surface area (Å²) in [6.07, 6.45) is 0. The molecule has 0 spiro atoms. The van der Waals surface area contributed by atoms with E-state index in [9.17, 15) is 9.18 Å². The molecule has 21 heavy (non-hydrogen) atoms. The van der Waals surface area contributed by atoms with Crippen LogP contribution in [0.15, 0.2) is 42.5 Å². The Balaban J connectivity index is 2.19. The topological polar surface area (TPSA) is 58.4 Å². The van der Waals surface area contributed by atoms with Gasteiger partial charge in [-0.1, -0.05) is 18.2 Å². The predicted octanol–water partition coefficient (Wildman–Crippen LogP) is 2.69. The van der Waals surface area contributed by atoms with Crippen LogP contribution in [0.3, 0.4) is 0 Å². The summed E-state index contributed by atoms with van der Waals surface area (Å²) >= 11 is 0. The Bertz CT molecular complexity index is 658. The third kappa shape index (κ3) is 3.58. The van der Waals surface area contributed by atoms with Gasteiger partial charge in [-0.25, -0.2) is 4.39 Å². The van der Waals surface area contributed by atoms with Crippen molar-refractivity contribution in [2.45, 2.75) is 13.5 Å². The lowest BCUT2D eigenvalue weighted by Gasteiger charge is -2.19. The zero-order chi connectivity index (χ0) is 15.4. The highest BCUT2D eigenvalue weighted by molar-refractivity contribution is 5.99. The van der Waals surface area contributed by atoms with Crippen LogP contribution in [0.5, 0.6) is 0 Å². The van der Waals surface area contributed by atoms with Crippen molar-refractivity contribution >= 4 is 11.6 Å². The molecule has 0 radical (unpaired) electrons. The van der Waals surface area contributed by atoms with Gasteiger partial charge in [0.25, 0.3) is 5.91 Å². The summed E-state index contributed by atoms with van der Waals surface area (Å²) in [5, 5.41) is 0. The van der Waals surface area contributed by atoms with Gasteiger partial charge in [0.05, 0.1) is 11.3 Å². The van der Waals surface area contributed by atoms with E-state index in [2.05, 4.69) is 5.43 Å². The summed E-state index contributed by atoms with van der Waals surface area (Å²) < 4.78 is 13.2. The molecule has 2 rings (SSSR count). The van der Waals surface area contributed by atoms with Crippen molar-refractivity contribution in [1.29, 1.82) is 0 Å². The fourth-order valence-electron chi connectivity index (χ4n) is 2.15. The average Bonchev–Trinajstić information content (AvgIpc) is 2.46. The minimum Gasteiger partial charge on any atom is -0.337 e. The Morgan fingerprint density at radius 3 is 2.71 bits per heavy atom. The van der Waals surface area contributed by atoms with Gasteiger partial charge in [-0.3, -0.25) is 10.6 Å². The maximum Gasteiger partial charge on any atom is 0.256 e. The fraction of sp³-hybridized carbons (Fsp3) is 0.188. The van der Waals surface area contributed by atoms with Crippen LogP contribution in [0.4, 0.5) is 10.1 Å². The molecule has 0 aromatic heterocycles. The van der Waals surface area contributed by atoms with E-state index in [-0.39, 0.29) is 11.7 Å². The number of hydrogen-bond acceptors (Lipinski definition) is 3. The highest BCUT2D eigenvalue weighted by Crippen LogP contribution is 2.19. The average molecular weight is 287 g/mol. The van der Waals surface area contributed by atoms with E-state index >= 15 is 0 Å². The summed E-state index contributed by atoms with van der Waals surface area (Å²) in [4.78, 5) is 14.0. The molecule has 0 aliphatic carbocycles. The predicted molar refractivity (Wildman–Crippen MR) is 81.2 cm³/mol. The first kappa shape index (κ1) is 15.0. The molecule has 4 nitrogen and oxygen atoms in total. The lowest BCUT2D eigenvalue weighted by Crippen LogP contribution is -2.27. The van der Waals surface area contributed by atoms with Crippen LogP contribution >= 0.6 is 0 Å². The smallest absolute Gasteiger partial charge is 0.256 e. The fourth-order valence-corrected chi connectivity index (χ4v) is 2.15. The molecule has 0 saturated carbocycles. The monoisotopic (exact) mass is 287 g/mol. The first-order valence-electron chi connectivity index (χ1n) is 6.58. The van der Waals surface area contributed by atoms with Gasteiger partial charge >= 0.3 is 0 Å². The molecule has 5 heteroatoms. The van der Waals surface area contributed by atoms with Gasteiger partial charge in [0.2, 0.25) is 0 Å². The number of hydrazine groups is 1. The second-order valence-corrected chi connectivity index (χ2v) is 4.98. The van der Waals surface area contributed by atoms with E-state index in [0.717, 1.165) is 11.1 Å². The van der Waals surface area contributed by atoms with Gasteiger partial charge in [-0.05, 0) is 42.3 Å². The molecule has 110 valence electrons. The molecule has 0 unspecified atom stereocenters. The van der Waals surface area contributed by atoms with Gasteiger partial charge in [0.1, 0.15) is 5.82 Å². The second-order valence-electron chi connectivity index (χ2n) is 4.98. The number of hydrogen-bond donors (Lipinski definition) is 2. The number of nitrogens with zero attached hydrogens (tertiary/aromatic N) is 1. The van der Waals surface area contributed by atoms with Crippen molar-refractivity contribution in [2.75, 3.05) is 12.5 Å². The first-order chi connectivity index (χ1) is 10.0. The van der Waals surface area contributed by atoms with Gasteiger partial charge in [0.15, 0.2) is 0 Å². The minimum absolute atomic E-state index is 0.174. The third-order valence-corrected chi connectivity index (χ3v) is 3.22. The third-order valence-electron chi connectivity index (χ3n) is 3.22. The Hall–Kier alpha value is -2.40. The normalized spacial score (nSPS) is 10.3. The van der Waals surface area contributed by atoms with Crippen molar-refractivity contribution in [3.63, 3.8) is 0 Å². The Labute approximate surface area is 123 Å². The number of carbonyl (C=O) groups excluding carboxylic acids is 1. The van der Waals surface area contributed by atoms with Crippen LogP contribution in [0.2, 0.25) is 0 Å². The first-order valence-corrected chi connectivity index (χ1v) is 6.58. The molecular weight excluding hydrogens is 269 g/mol. The molecule has 0 fully saturated rings. The largest absolute Gasteiger partial charge is 0.337 e. The number of nitrogen functional groups attached to an aromatic ring is 1. The Morgan fingerprint density at radius 2 is 2.05 bits per heavy atom. The second kappa shape index (κ2) is 6.37. The maximum atomic E-state index is 13.2. The van der Waals surface area contributed by atoms with E-state index in [1.807, 2.05) is 19.1 Å². The molecule has 1 amide bonds. The summed E-state index contributed by atoms with van der Waals surface area (Å²) in [5.41, 5.74) is 5.34. The van der Waals surface area contributed by atoms with Crippen LogP contribution in [0.1, 0.15) is 21.5 Å². The number of amides is 1. The molecule has 0 saturated heterocycles. The zero-order valence-electron chi connectivity index (χ0n) is 12.1. The molecule has 0 aliphatic heterocycles. The summed E-state index contributed by atoms with van der Waals surface area (Å²) in [6.45, 7) is 2.25. The van der Waals surface area contributed by atoms with E-state index < -0.39 is 0 Å². The molecule has 0 aliphatic rings. The number of nitrogens with one attached hydrogen (secondary N) is 1. The SMILES string of the molecule is Cc1ccc(C(=O)N(C)Cc2cccc(F)c2)c(NN)c1. The van der Waals surface area contributed by atoms with Crippen molar-refractivity contribution < 1.29 is 9.18 Å². The minimum atomic E-state index is -0.312. The van der Waals surface area contributed by atoms with Crippen LogP contribution in [0, 0.1) is 12.7 Å². The molecule has 2 aromatic rings. The molecule has 2 aromatic carbocycles. The van der Waals surface area contributed by atoms with E-state index in [1.54, 1.807) is 25.2 Å². The zero-order valence-corrected chi connectivity index (χ0v) is 12.1. The van der Waals surface area contributed by atoms with Crippen LogP contribution in [-0.4, -0.2) is 17.9 Å². The molecule has 0 bridgehead atoms. The maximum absolute atomic E-state index is 13.2. The van der Waals surface area contributed by atoms with Gasteiger partial charge in [-0.2, -0.15) is 0 Å². The molecule has 0 heterocycles. The number of rotatable bonds is 4. The van der Waals surface area contributed by atoms with Crippen molar-refractivity contribution in [2.24, 2.45) is 5.84 Å². The highest BCUT2D eigenvalue weighted by Gasteiger charge is 2.16. The number of halogens is 1. The van der Waals surface area contributed by atoms with Crippen molar-refractivity contribution in [3.05, 3.63) is 65.0 Å². The van der Waals surface area contributed by atoms with E-state index in [4.69, 9.17) is 5.84 Å². The molecular formula is C16H18FN3O. The van der Waals surface area contributed by atoms with Gasteiger partial charge in [0, 0.05) is 13.6 Å². The summed E-state index contributed by atoms with van der Waals surface area (Å²) in [6, 6.07) is 11.6. The van der Waals surface area contributed by atoms with E-state index in [1.165, 1.54) is 17.0 Å². The Morgan fingerprint density at radius 1 is 1.29 bits per heavy atom. The number of nitrogens with two attached hydrogens (primary N) is 1. The Kier molecular flexibility index (Phi) is 4.55. The van der Waals surface area contributed by atoms with Crippen molar-refractivity contribution in [1.82, 2.24) is 4.90 Å². The summed E-state index contributed by atoms with van der Waals surface area (Å²) in [5.74, 6) is 4.97. The van der Waals surface area contributed by atoms with Gasteiger partial charge in [-0.15, -0.1) is 0 Å². The number of anilines is 1. The van der Waals surface area contributed by atoms with Gasteiger partial charge < -0.3 is 10.3 Å². The lowest BCUT2D eigenvalue weighted by atomic mass is 10.1.